The molecule has 3 aromatic rings. The fourth-order valence-electron chi connectivity index (χ4n) is 2.95. The smallest absolute Gasteiger partial charge is 0.408 e. The molecule has 14 nitrogen and oxygen atoms in total. The number of fused-ring (bicyclic) bond motifs is 1. The molecule has 0 aliphatic rings. The maximum Gasteiger partial charge on any atom is 0.408 e. The van der Waals surface area contributed by atoms with Crippen molar-refractivity contribution in [2.45, 2.75) is 46.2 Å². The highest BCUT2D eigenvalue weighted by Crippen LogP contribution is 2.10. The van der Waals surface area contributed by atoms with Crippen molar-refractivity contribution in [1.29, 1.82) is 0 Å². The highest BCUT2D eigenvalue weighted by molar-refractivity contribution is 5.81. The van der Waals surface area contributed by atoms with Crippen molar-refractivity contribution >= 4 is 35.1 Å². The topological polar surface area (TPSA) is 190 Å². The van der Waals surface area contributed by atoms with Crippen LogP contribution in [0.1, 0.15) is 33.2 Å². The zero-order valence-electron chi connectivity index (χ0n) is 25.7. The molecule has 4 N–H and O–H groups in total. The van der Waals surface area contributed by atoms with Crippen LogP contribution in [0.5, 0.6) is 0 Å². The Kier molecular flexibility index (Phi) is 7.50. The number of carbonyl (C=O) groups excluding carboxylic acids is 3. The van der Waals surface area contributed by atoms with Crippen LogP contribution in [-0.4, -0.2) is 62.8 Å². The van der Waals surface area contributed by atoms with Crippen LogP contribution < -0.4 is 16.6 Å². The minimum Gasteiger partial charge on any atom is -0.463 e. The largest absolute Gasteiger partial charge is 0.463 e. The van der Waals surface area contributed by atoms with Gasteiger partial charge in [0.2, 0.25) is 5.95 Å². The number of imidazole rings is 1. The highest BCUT2D eigenvalue weighted by atomic mass is 16.6. The Hall–Kier alpha value is -4.46. The van der Waals surface area contributed by atoms with Crippen LogP contribution in [0.15, 0.2) is 41.5 Å². The van der Waals surface area contributed by atoms with E-state index in [1.807, 2.05) is 0 Å². The number of nitrogens with zero attached hydrogens (tertiary/aromatic N) is 3. The molecule has 0 saturated carbocycles. The van der Waals surface area contributed by atoms with Gasteiger partial charge in [0.25, 0.3) is 5.56 Å². The Morgan fingerprint density at radius 2 is 1.89 bits per heavy atom. The van der Waals surface area contributed by atoms with Crippen molar-refractivity contribution in [2.24, 2.45) is 5.92 Å². The fraction of sp³-hybridized carbons (Fsp3) is 0.417. The number of rotatable bonds is 12. The van der Waals surface area contributed by atoms with Crippen molar-refractivity contribution in [2.75, 3.05) is 18.9 Å². The van der Waals surface area contributed by atoms with Gasteiger partial charge >= 0.3 is 18.0 Å². The molecule has 0 bridgehead atoms. The summed E-state index contributed by atoms with van der Waals surface area (Å²) in [5, 5.41) is 2.27. The predicted molar refractivity (Wildman–Crippen MR) is 133 cm³/mol. The number of aromatic amines is 1. The number of ether oxygens (including phenoxy) is 4. The molecule has 2 heterocycles. The summed E-state index contributed by atoms with van der Waals surface area (Å²) in [5.41, 5.74) is 5.15. The molecule has 0 aliphatic heterocycles. The molecule has 204 valence electrons. The number of nitrogens with two attached hydrogens (primary N) is 1. The first-order chi connectivity index (χ1) is 20.0. The van der Waals surface area contributed by atoms with E-state index >= 15 is 0 Å². The molecule has 2 aromatic heterocycles. The minimum atomic E-state index is -3.67. The average Bonchev–Trinajstić information content (AvgIpc) is 3.31. The third-order valence-electron chi connectivity index (χ3n) is 4.78. The number of hydrogen-bond acceptors (Lipinski definition) is 11. The molecule has 38 heavy (non-hydrogen) atoms. The molecule has 3 rings (SSSR count). The second-order valence-electron chi connectivity index (χ2n) is 8.09. The maximum absolute atomic E-state index is 13.1. The van der Waals surface area contributed by atoms with E-state index in [1.165, 1.54) is 13.8 Å². The van der Waals surface area contributed by atoms with Crippen LogP contribution in [0, 0.1) is 5.92 Å². The van der Waals surface area contributed by atoms with E-state index in [-0.39, 0.29) is 23.7 Å². The highest BCUT2D eigenvalue weighted by Gasteiger charge is 2.28. The zero-order chi connectivity index (χ0) is 32.2. The van der Waals surface area contributed by atoms with E-state index in [4.69, 9.17) is 26.8 Å². The lowest BCUT2D eigenvalue weighted by Crippen LogP contribution is -2.46. The third kappa shape index (κ3) is 8.03. The number of hydrogen-bond donors (Lipinski definition) is 3. The van der Waals surface area contributed by atoms with E-state index in [2.05, 4.69) is 25.0 Å². The summed E-state index contributed by atoms with van der Waals surface area (Å²) in [7, 11) is 0. The van der Waals surface area contributed by atoms with Gasteiger partial charge in [0.15, 0.2) is 11.2 Å². The Morgan fingerprint density at radius 3 is 2.58 bits per heavy atom. The molecular weight excluding hydrogens is 500 g/mol. The van der Waals surface area contributed by atoms with Crippen molar-refractivity contribution < 1.29 is 40.2 Å². The normalized spacial score (nSPS) is 16.2. The number of amides is 1. The summed E-state index contributed by atoms with van der Waals surface area (Å²) < 4.78 is 62.7. The van der Waals surface area contributed by atoms with E-state index in [0.717, 1.165) is 17.8 Å². The molecule has 0 aliphatic carbocycles. The number of benzene rings is 1. The Bertz CT molecular complexity index is 1530. The Balaban J connectivity index is 1.85. The van der Waals surface area contributed by atoms with Crippen molar-refractivity contribution in [3.05, 3.63) is 52.6 Å². The fourth-order valence-corrected chi connectivity index (χ4v) is 2.95. The third-order valence-corrected chi connectivity index (χ3v) is 4.78. The van der Waals surface area contributed by atoms with Gasteiger partial charge in [0, 0.05) is 6.92 Å². The van der Waals surface area contributed by atoms with E-state index < -0.39 is 61.5 Å². The molecule has 0 saturated heterocycles. The van der Waals surface area contributed by atoms with Crippen LogP contribution in [0.3, 0.4) is 0 Å². The number of anilines is 1. The zero-order valence-corrected chi connectivity index (χ0v) is 20.7. The molecule has 2 atom stereocenters. The summed E-state index contributed by atoms with van der Waals surface area (Å²) in [4.78, 5) is 59.2. The van der Waals surface area contributed by atoms with Gasteiger partial charge in [-0.2, -0.15) is 4.98 Å². The summed E-state index contributed by atoms with van der Waals surface area (Å²) in [6.07, 6.45) is -3.60. The Morgan fingerprint density at radius 1 is 1.18 bits per heavy atom. The molecule has 1 aromatic carbocycles. The monoisotopic (exact) mass is 535 g/mol. The average molecular weight is 536 g/mol. The number of esters is 2. The van der Waals surface area contributed by atoms with Gasteiger partial charge in [0.05, 0.1) is 13.2 Å². The van der Waals surface area contributed by atoms with Gasteiger partial charge < -0.3 is 30.0 Å². The standard InChI is InChI=1S/C24H30N6O8/c1-14(2)18(27-24(34)37-9-16-7-5-4-6-8-16)22(33)36-11-17(10-35-15(3)31)38-13-30-12-26-19-20(30)28-23(25)29-21(19)32/h4-8,12,14,17-18H,9-11,13H2,1-3H3,(H,27,34)(H3,25,28,29,32)/t17?,18-/m0/s1/i10D2,11D2,17D. The lowest BCUT2D eigenvalue weighted by Gasteiger charge is -2.23. The predicted octanol–water partition coefficient (Wildman–Crippen LogP) is 1.10. The lowest BCUT2D eigenvalue weighted by molar-refractivity contribution is -0.158. The maximum atomic E-state index is 13.1. The van der Waals surface area contributed by atoms with Gasteiger partial charge in [-0.3, -0.25) is 19.1 Å². The van der Waals surface area contributed by atoms with Crippen LogP contribution in [0.2, 0.25) is 0 Å². The molecule has 0 radical (unpaired) electrons. The number of alkyl carbamates (subject to hydrolysis) is 1. The van der Waals surface area contributed by atoms with Gasteiger partial charge in [-0.25, -0.2) is 14.6 Å². The lowest BCUT2D eigenvalue weighted by atomic mass is 10.1. The number of aromatic nitrogens is 4. The summed E-state index contributed by atoms with van der Waals surface area (Å²) in [6, 6.07) is 7.13. The van der Waals surface area contributed by atoms with E-state index in [1.54, 1.807) is 30.3 Å². The number of H-pyrrole nitrogens is 1. The summed E-state index contributed by atoms with van der Waals surface area (Å²) in [5.74, 6) is -3.65. The van der Waals surface area contributed by atoms with Crippen LogP contribution in [-0.2, 0) is 41.9 Å². The van der Waals surface area contributed by atoms with Crippen LogP contribution in [0.4, 0.5) is 10.7 Å². The van der Waals surface area contributed by atoms with E-state index in [0.29, 0.717) is 5.56 Å². The van der Waals surface area contributed by atoms with E-state index in [9.17, 15) is 19.2 Å². The quantitative estimate of drug-likeness (QED) is 0.222. The number of nitrogens with one attached hydrogen (secondary N) is 2. The summed E-state index contributed by atoms with van der Waals surface area (Å²) >= 11 is 0. The second-order valence-corrected chi connectivity index (χ2v) is 8.09. The summed E-state index contributed by atoms with van der Waals surface area (Å²) in [6.45, 7) is -4.45. The first-order valence-corrected chi connectivity index (χ1v) is 11.2. The van der Waals surface area contributed by atoms with Crippen LogP contribution in [0.25, 0.3) is 11.2 Å². The van der Waals surface area contributed by atoms with Gasteiger partial charge in [-0.15, -0.1) is 0 Å². The van der Waals surface area contributed by atoms with Gasteiger partial charge in [0.1, 0.15) is 38.6 Å². The van der Waals surface area contributed by atoms with Gasteiger partial charge in [-0.05, 0) is 11.5 Å². The number of nitrogen functional groups attached to an aromatic ring is 1. The first-order valence-electron chi connectivity index (χ1n) is 13.7. The molecule has 0 fully saturated rings. The molecule has 0 spiro atoms. The minimum absolute atomic E-state index is 0.130. The first kappa shape index (κ1) is 21.6. The van der Waals surface area contributed by atoms with Crippen LogP contribution >= 0.6 is 0 Å². The SMILES string of the molecule is [2H]C([2H])(OC(C)=O)C([2H])(OCn1cnc2c(=O)[nH]c(N)nc21)C([2H])([2H])OC(=O)[C@@H](NC(=O)OCc1ccccc1)C(C)C. The van der Waals surface area contributed by atoms with Crippen molar-refractivity contribution in [3.63, 3.8) is 0 Å². The number of carbonyl (C=O) groups is 3. The second kappa shape index (κ2) is 13.2. The molecule has 1 amide bonds. The Labute approximate surface area is 224 Å². The van der Waals surface area contributed by atoms with Gasteiger partial charge in [-0.1, -0.05) is 44.2 Å². The van der Waals surface area contributed by atoms with Crippen molar-refractivity contribution in [3.8, 4) is 0 Å². The molecule has 14 heteroatoms. The van der Waals surface area contributed by atoms with Crippen molar-refractivity contribution in [1.82, 2.24) is 24.8 Å². The molecule has 1 unspecified atom stereocenters. The molecular formula is C24H30N6O8.